The zero-order valence-corrected chi connectivity index (χ0v) is 11.4. The van der Waals surface area contributed by atoms with Gasteiger partial charge in [0.25, 0.3) is 0 Å². The zero-order chi connectivity index (χ0) is 13.2. The van der Waals surface area contributed by atoms with Crippen molar-refractivity contribution in [2.75, 3.05) is 7.11 Å². The Bertz CT molecular complexity index is 689. The summed E-state index contributed by atoms with van der Waals surface area (Å²) in [7, 11) is 1.66. The molecule has 3 aromatic rings. The summed E-state index contributed by atoms with van der Waals surface area (Å²) < 4.78 is 5.21. The van der Waals surface area contributed by atoms with Crippen LogP contribution in [-0.2, 0) is 0 Å². The van der Waals surface area contributed by atoms with Gasteiger partial charge in [-0.1, -0.05) is 18.2 Å². The van der Waals surface area contributed by atoms with Gasteiger partial charge in [-0.05, 0) is 56.9 Å². The van der Waals surface area contributed by atoms with Crippen LogP contribution in [0.2, 0.25) is 0 Å². The molecule has 1 N–H and O–H groups in total. The lowest BCUT2D eigenvalue weighted by atomic mass is 10.0. The molecule has 19 heavy (non-hydrogen) atoms. The van der Waals surface area contributed by atoms with Crippen molar-refractivity contribution in [3.8, 4) is 5.75 Å². The molecule has 2 nitrogen and oxygen atoms in total. The summed E-state index contributed by atoms with van der Waals surface area (Å²) in [6, 6.07) is 13.9. The summed E-state index contributed by atoms with van der Waals surface area (Å²) in [5, 5.41) is 16.5. The van der Waals surface area contributed by atoms with Gasteiger partial charge in [0.1, 0.15) is 11.9 Å². The van der Waals surface area contributed by atoms with Gasteiger partial charge in [-0.3, -0.25) is 0 Å². The molecule has 0 aliphatic carbocycles. The third kappa shape index (κ3) is 2.35. The second-order valence-electron chi connectivity index (χ2n) is 4.43. The molecule has 2 aromatic carbocycles. The van der Waals surface area contributed by atoms with Gasteiger partial charge in [-0.2, -0.15) is 11.3 Å². The Hall–Kier alpha value is -1.84. The Morgan fingerprint density at radius 3 is 2.53 bits per heavy atom. The number of thiophene rings is 1. The van der Waals surface area contributed by atoms with Crippen molar-refractivity contribution in [1.82, 2.24) is 0 Å². The Labute approximate surface area is 115 Å². The quantitative estimate of drug-likeness (QED) is 0.779. The molecule has 1 atom stereocenters. The number of methoxy groups -OCH3 is 1. The van der Waals surface area contributed by atoms with Crippen LogP contribution in [0.25, 0.3) is 10.8 Å². The normalized spacial score (nSPS) is 12.5. The lowest BCUT2D eigenvalue weighted by molar-refractivity contribution is 0.221. The summed E-state index contributed by atoms with van der Waals surface area (Å²) in [5.41, 5.74) is 1.86. The van der Waals surface area contributed by atoms with Crippen LogP contribution in [0.15, 0.2) is 53.2 Å². The van der Waals surface area contributed by atoms with E-state index >= 15 is 0 Å². The van der Waals surface area contributed by atoms with Crippen LogP contribution in [-0.4, -0.2) is 12.2 Å². The van der Waals surface area contributed by atoms with Gasteiger partial charge in [-0.15, -0.1) is 0 Å². The highest BCUT2D eigenvalue weighted by molar-refractivity contribution is 7.07. The number of aliphatic hydroxyl groups is 1. The summed E-state index contributed by atoms with van der Waals surface area (Å²) in [5.74, 6) is 0.846. The molecule has 96 valence electrons. The molecule has 0 radical (unpaired) electrons. The number of benzene rings is 2. The summed E-state index contributed by atoms with van der Waals surface area (Å²) in [6.07, 6.45) is -0.558. The minimum absolute atomic E-state index is 0.558. The van der Waals surface area contributed by atoms with E-state index in [4.69, 9.17) is 4.74 Å². The molecule has 0 bridgehead atoms. The van der Waals surface area contributed by atoms with Gasteiger partial charge in [0.05, 0.1) is 7.11 Å². The molecule has 0 unspecified atom stereocenters. The Balaban J connectivity index is 2.02. The van der Waals surface area contributed by atoms with Crippen LogP contribution in [0.4, 0.5) is 0 Å². The first-order valence-corrected chi connectivity index (χ1v) is 7.00. The van der Waals surface area contributed by atoms with E-state index in [-0.39, 0.29) is 0 Å². The minimum atomic E-state index is -0.558. The Morgan fingerprint density at radius 1 is 1.00 bits per heavy atom. The van der Waals surface area contributed by atoms with Crippen molar-refractivity contribution in [2.24, 2.45) is 0 Å². The van der Waals surface area contributed by atoms with Crippen molar-refractivity contribution in [2.45, 2.75) is 6.10 Å². The number of aliphatic hydroxyl groups excluding tert-OH is 1. The molecule has 0 saturated heterocycles. The fourth-order valence-electron chi connectivity index (χ4n) is 2.16. The first-order valence-electron chi connectivity index (χ1n) is 6.06. The number of fused-ring (bicyclic) bond motifs is 1. The number of hydrogen-bond acceptors (Lipinski definition) is 3. The van der Waals surface area contributed by atoms with Gasteiger partial charge in [0.2, 0.25) is 0 Å². The fraction of sp³-hybridized carbons (Fsp3) is 0.125. The summed E-state index contributed by atoms with van der Waals surface area (Å²) >= 11 is 1.59. The largest absolute Gasteiger partial charge is 0.497 e. The molecule has 0 amide bonds. The van der Waals surface area contributed by atoms with Crippen molar-refractivity contribution in [3.05, 3.63) is 64.4 Å². The highest BCUT2D eigenvalue weighted by atomic mass is 32.1. The SMILES string of the molecule is COc1ccc2cc([C@H](O)c3ccsc3)ccc2c1. The smallest absolute Gasteiger partial charge is 0.119 e. The highest BCUT2D eigenvalue weighted by Crippen LogP contribution is 2.28. The predicted octanol–water partition coefficient (Wildman–Crippen LogP) is 3.99. The highest BCUT2D eigenvalue weighted by Gasteiger charge is 2.11. The van der Waals surface area contributed by atoms with Gasteiger partial charge in [0.15, 0.2) is 0 Å². The second kappa shape index (κ2) is 5.03. The molecule has 1 heterocycles. The number of hydrogen-bond donors (Lipinski definition) is 1. The molecule has 0 fully saturated rings. The topological polar surface area (TPSA) is 29.5 Å². The van der Waals surface area contributed by atoms with Crippen LogP contribution in [0.3, 0.4) is 0 Å². The van der Waals surface area contributed by atoms with Crippen LogP contribution in [0.1, 0.15) is 17.2 Å². The second-order valence-corrected chi connectivity index (χ2v) is 5.21. The first kappa shape index (κ1) is 12.2. The first-order chi connectivity index (χ1) is 9.28. The van der Waals surface area contributed by atoms with Crippen molar-refractivity contribution in [1.29, 1.82) is 0 Å². The maximum atomic E-state index is 10.3. The number of ether oxygens (including phenoxy) is 1. The van der Waals surface area contributed by atoms with E-state index in [0.29, 0.717) is 0 Å². The van der Waals surface area contributed by atoms with E-state index in [2.05, 4.69) is 0 Å². The molecular formula is C16H14O2S. The Morgan fingerprint density at radius 2 is 1.79 bits per heavy atom. The van der Waals surface area contributed by atoms with Crippen molar-refractivity contribution >= 4 is 22.1 Å². The van der Waals surface area contributed by atoms with E-state index in [1.165, 1.54) is 0 Å². The van der Waals surface area contributed by atoms with Gasteiger partial charge >= 0.3 is 0 Å². The molecule has 0 aliphatic rings. The molecule has 3 rings (SSSR count). The van der Waals surface area contributed by atoms with Crippen molar-refractivity contribution < 1.29 is 9.84 Å². The monoisotopic (exact) mass is 270 g/mol. The van der Waals surface area contributed by atoms with Gasteiger partial charge in [-0.25, -0.2) is 0 Å². The van der Waals surface area contributed by atoms with E-state index in [1.54, 1.807) is 18.4 Å². The maximum Gasteiger partial charge on any atom is 0.119 e. The Kier molecular flexibility index (Phi) is 3.23. The van der Waals surface area contributed by atoms with Crippen LogP contribution < -0.4 is 4.74 Å². The lowest BCUT2D eigenvalue weighted by Gasteiger charge is -2.11. The van der Waals surface area contributed by atoms with E-state index in [0.717, 1.165) is 27.6 Å². The lowest BCUT2D eigenvalue weighted by Crippen LogP contribution is -1.97. The van der Waals surface area contributed by atoms with Gasteiger partial charge < -0.3 is 9.84 Å². The maximum absolute atomic E-state index is 10.3. The summed E-state index contributed by atoms with van der Waals surface area (Å²) in [6.45, 7) is 0. The third-order valence-corrected chi connectivity index (χ3v) is 3.95. The van der Waals surface area contributed by atoms with Crippen LogP contribution in [0, 0.1) is 0 Å². The average molecular weight is 270 g/mol. The minimum Gasteiger partial charge on any atom is -0.497 e. The zero-order valence-electron chi connectivity index (χ0n) is 10.5. The summed E-state index contributed by atoms with van der Waals surface area (Å²) in [4.78, 5) is 0. The van der Waals surface area contributed by atoms with Crippen molar-refractivity contribution in [3.63, 3.8) is 0 Å². The van der Waals surface area contributed by atoms with E-state index < -0.39 is 6.10 Å². The van der Waals surface area contributed by atoms with Crippen LogP contribution in [0.5, 0.6) is 5.75 Å². The molecule has 3 heteroatoms. The molecular weight excluding hydrogens is 256 g/mol. The standard InChI is InChI=1S/C16H14O2S/c1-18-15-5-4-11-8-13(3-2-12(11)9-15)16(17)14-6-7-19-10-14/h2-10,16-17H,1H3/t16-/m0/s1. The van der Waals surface area contributed by atoms with Gasteiger partial charge in [0, 0.05) is 0 Å². The molecule has 0 aliphatic heterocycles. The molecule has 1 aromatic heterocycles. The third-order valence-electron chi connectivity index (χ3n) is 3.25. The predicted molar refractivity (Wildman–Crippen MR) is 78.9 cm³/mol. The molecule has 0 saturated carbocycles. The van der Waals surface area contributed by atoms with E-state index in [1.807, 2.05) is 53.2 Å². The number of rotatable bonds is 3. The fourth-order valence-corrected chi connectivity index (χ4v) is 2.84. The van der Waals surface area contributed by atoms with Crippen LogP contribution >= 0.6 is 11.3 Å². The average Bonchev–Trinajstić information content (AvgIpc) is 2.99. The molecule has 0 spiro atoms. The van der Waals surface area contributed by atoms with E-state index in [9.17, 15) is 5.11 Å².